The van der Waals surface area contributed by atoms with Gasteiger partial charge in [0, 0.05) is 7.05 Å². The van der Waals surface area contributed by atoms with Gasteiger partial charge < -0.3 is 9.30 Å². The number of fused-ring (bicyclic) bond motifs is 1. The molecule has 0 saturated carbocycles. The van der Waals surface area contributed by atoms with Gasteiger partial charge in [-0.3, -0.25) is 0 Å². The van der Waals surface area contributed by atoms with Crippen molar-refractivity contribution in [1.29, 1.82) is 5.26 Å². The summed E-state index contributed by atoms with van der Waals surface area (Å²) in [5.74, 6) is 0.870. The molecule has 0 spiro atoms. The predicted molar refractivity (Wildman–Crippen MR) is 70.0 cm³/mol. The van der Waals surface area contributed by atoms with E-state index in [9.17, 15) is 0 Å². The third-order valence-electron chi connectivity index (χ3n) is 2.74. The van der Waals surface area contributed by atoms with Crippen LogP contribution in [-0.2, 0) is 18.4 Å². The Labute approximate surface area is 107 Å². The first-order valence-electron chi connectivity index (χ1n) is 5.90. The molecule has 2 rings (SSSR count). The molecule has 0 saturated heterocycles. The Hall–Kier alpha value is -1.86. The minimum atomic E-state index is -0.185. The molecule has 1 aromatic carbocycles. The van der Waals surface area contributed by atoms with Crippen LogP contribution in [0.1, 0.15) is 32.2 Å². The molecule has 4 nitrogen and oxygen atoms in total. The smallest absolute Gasteiger partial charge is 0.135 e. The van der Waals surface area contributed by atoms with E-state index in [0.29, 0.717) is 12.2 Å². The summed E-state index contributed by atoms with van der Waals surface area (Å²) in [6.45, 7) is 6.52. The second-order valence-electron chi connectivity index (χ2n) is 5.30. The van der Waals surface area contributed by atoms with Crippen LogP contribution in [0.5, 0.6) is 0 Å². The number of aryl methyl sites for hydroxylation is 1. The number of hydrogen-bond acceptors (Lipinski definition) is 3. The van der Waals surface area contributed by atoms with E-state index < -0.39 is 0 Å². The zero-order chi connectivity index (χ0) is 13.3. The van der Waals surface area contributed by atoms with Gasteiger partial charge in [0.1, 0.15) is 12.4 Å². The Kier molecular flexibility index (Phi) is 3.10. The molecular weight excluding hydrogens is 226 g/mol. The highest BCUT2D eigenvalue weighted by Gasteiger charge is 2.14. The number of aromatic nitrogens is 2. The van der Waals surface area contributed by atoms with Crippen LogP contribution in [0.3, 0.4) is 0 Å². The Morgan fingerprint density at radius 1 is 1.39 bits per heavy atom. The van der Waals surface area contributed by atoms with Gasteiger partial charge in [-0.1, -0.05) is 0 Å². The summed E-state index contributed by atoms with van der Waals surface area (Å²) in [6, 6.07) is 7.65. The number of rotatable bonds is 2. The van der Waals surface area contributed by atoms with Crippen LogP contribution in [-0.4, -0.2) is 15.2 Å². The summed E-state index contributed by atoms with van der Waals surface area (Å²) < 4.78 is 7.74. The minimum absolute atomic E-state index is 0.185. The van der Waals surface area contributed by atoms with Crippen LogP contribution >= 0.6 is 0 Å². The molecule has 0 unspecified atom stereocenters. The maximum Gasteiger partial charge on any atom is 0.135 e. The van der Waals surface area contributed by atoms with Gasteiger partial charge in [0.2, 0.25) is 0 Å². The Balaban J connectivity index is 2.35. The standard InChI is InChI=1S/C14H17N3O/c1-14(2,3)18-9-13-16-11-7-10(8-15)5-6-12(11)17(13)4/h5-7H,9H2,1-4H3. The second-order valence-corrected chi connectivity index (χ2v) is 5.30. The highest BCUT2D eigenvalue weighted by Crippen LogP contribution is 2.18. The van der Waals surface area contributed by atoms with Gasteiger partial charge in [-0.2, -0.15) is 5.26 Å². The molecule has 0 N–H and O–H groups in total. The van der Waals surface area contributed by atoms with Crippen molar-refractivity contribution in [3.8, 4) is 6.07 Å². The SMILES string of the molecule is Cn1c(COC(C)(C)C)nc2cc(C#N)ccc21. The molecule has 2 aromatic rings. The van der Waals surface area contributed by atoms with Gasteiger partial charge in [-0.25, -0.2) is 4.98 Å². The lowest BCUT2D eigenvalue weighted by Gasteiger charge is -2.19. The lowest BCUT2D eigenvalue weighted by molar-refractivity contribution is -0.0188. The van der Waals surface area contributed by atoms with Gasteiger partial charge in [-0.15, -0.1) is 0 Å². The summed E-state index contributed by atoms with van der Waals surface area (Å²) in [6.07, 6.45) is 0. The molecule has 0 atom stereocenters. The van der Waals surface area contributed by atoms with E-state index in [4.69, 9.17) is 10.00 Å². The van der Waals surface area contributed by atoms with Crippen LogP contribution in [0.15, 0.2) is 18.2 Å². The predicted octanol–water partition coefficient (Wildman–Crippen LogP) is 2.76. The third kappa shape index (κ3) is 2.52. The summed E-state index contributed by atoms with van der Waals surface area (Å²) in [5.41, 5.74) is 2.30. The normalized spacial score (nSPS) is 11.7. The molecule has 94 valence electrons. The van der Waals surface area contributed by atoms with Crippen molar-refractivity contribution in [3.05, 3.63) is 29.6 Å². The maximum absolute atomic E-state index is 8.87. The maximum atomic E-state index is 8.87. The van der Waals surface area contributed by atoms with Crippen molar-refractivity contribution in [2.24, 2.45) is 7.05 Å². The van der Waals surface area contributed by atoms with Crippen molar-refractivity contribution < 1.29 is 4.74 Å². The Bertz CT molecular complexity index is 614. The zero-order valence-electron chi connectivity index (χ0n) is 11.2. The summed E-state index contributed by atoms with van der Waals surface area (Å²) in [7, 11) is 1.96. The van der Waals surface area contributed by atoms with Crippen molar-refractivity contribution in [2.45, 2.75) is 33.0 Å². The van der Waals surface area contributed by atoms with Crippen LogP contribution in [0.2, 0.25) is 0 Å². The topological polar surface area (TPSA) is 50.8 Å². The molecule has 0 aliphatic rings. The van der Waals surface area contributed by atoms with E-state index in [1.165, 1.54) is 0 Å². The van der Waals surface area contributed by atoms with E-state index in [2.05, 4.69) is 11.1 Å². The zero-order valence-corrected chi connectivity index (χ0v) is 11.2. The van der Waals surface area contributed by atoms with Gasteiger partial charge in [-0.05, 0) is 39.0 Å². The first-order chi connectivity index (χ1) is 8.40. The van der Waals surface area contributed by atoms with E-state index in [1.54, 1.807) is 12.1 Å². The van der Waals surface area contributed by atoms with Crippen molar-refractivity contribution >= 4 is 11.0 Å². The number of nitrogens with zero attached hydrogens (tertiary/aromatic N) is 3. The highest BCUT2D eigenvalue weighted by atomic mass is 16.5. The Morgan fingerprint density at radius 3 is 2.72 bits per heavy atom. The lowest BCUT2D eigenvalue weighted by Crippen LogP contribution is -2.19. The molecule has 0 aliphatic heterocycles. The summed E-state index contributed by atoms with van der Waals surface area (Å²) in [4.78, 5) is 4.51. The number of ether oxygens (including phenoxy) is 1. The fourth-order valence-corrected chi connectivity index (χ4v) is 1.73. The van der Waals surface area contributed by atoms with Crippen LogP contribution < -0.4 is 0 Å². The minimum Gasteiger partial charge on any atom is -0.368 e. The molecule has 4 heteroatoms. The molecule has 0 aliphatic carbocycles. The molecule has 0 bridgehead atoms. The fourth-order valence-electron chi connectivity index (χ4n) is 1.73. The van der Waals surface area contributed by atoms with Crippen LogP contribution in [0.4, 0.5) is 0 Å². The summed E-state index contributed by atoms with van der Waals surface area (Å²) in [5, 5.41) is 8.87. The molecule has 0 fully saturated rings. The number of benzene rings is 1. The largest absolute Gasteiger partial charge is 0.368 e. The molecule has 1 heterocycles. The van der Waals surface area contributed by atoms with Gasteiger partial charge in [0.25, 0.3) is 0 Å². The first kappa shape index (κ1) is 12.6. The van der Waals surface area contributed by atoms with Gasteiger partial charge in [0.15, 0.2) is 0 Å². The average Bonchev–Trinajstić information content (AvgIpc) is 2.62. The van der Waals surface area contributed by atoms with E-state index in [1.807, 2.05) is 38.5 Å². The summed E-state index contributed by atoms with van der Waals surface area (Å²) >= 11 is 0. The average molecular weight is 243 g/mol. The Morgan fingerprint density at radius 2 is 2.11 bits per heavy atom. The van der Waals surface area contributed by atoms with E-state index in [0.717, 1.165) is 16.9 Å². The molecule has 1 aromatic heterocycles. The van der Waals surface area contributed by atoms with Gasteiger partial charge >= 0.3 is 0 Å². The van der Waals surface area contributed by atoms with Crippen LogP contribution in [0, 0.1) is 11.3 Å². The van der Waals surface area contributed by atoms with Crippen molar-refractivity contribution in [2.75, 3.05) is 0 Å². The molecule has 0 radical (unpaired) electrons. The number of nitriles is 1. The van der Waals surface area contributed by atoms with Crippen LogP contribution in [0.25, 0.3) is 11.0 Å². The van der Waals surface area contributed by atoms with Crippen molar-refractivity contribution in [3.63, 3.8) is 0 Å². The number of imidazole rings is 1. The molecular formula is C14H17N3O. The number of hydrogen-bond donors (Lipinski definition) is 0. The van der Waals surface area contributed by atoms with E-state index in [-0.39, 0.29) is 5.60 Å². The fraction of sp³-hybridized carbons (Fsp3) is 0.429. The molecule has 0 amide bonds. The quantitative estimate of drug-likeness (QED) is 0.815. The molecule has 18 heavy (non-hydrogen) atoms. The van der Waals surface area contributed by atoms with E-state index >= 15 is 0 Å². The second kappa shape index (κ2) is 4.43. The highest BCUT2D eigenvalue weighted by molar-refractivity contribution is 5.77. The van der Waals surface area contributed by atoms with Gasteiger partial charge in [0.05, 0.1) is 28.3 Å². The third-order valence-corrected chi connectivity index (χ3v) is 2.74. The van der Waals surface area contributed by atoms with Crippen molar-refractivity contribution in [1.82, 2.24) is 9.55 Å². The monoisotopic (exact) mass is 243 g/mol. The first-order valence-corrected chi connectivity index (χ1v) is 5.90. The lowest BCUT2D eigenvalue weighted by atomic mass is 10.2.